The molecule has 3 heterocycles. The maximum Gasteiger partial charge on any atom is 0.163 e. The molecule has 1 unspecified atom stereocenters. The second-order valence-electron chi connectivity index (χ2n) is 8.32. The van der Waals surface area contributed by atoms with Crippen molar-refractivity contribution in [3.8, 4) is 28.4 Å². The average molecular weight is 456 g/mol. The van der Waals surface area contributed by atoms with E-state index in [0.29, 0.717) is 23.5 Å². The van der Waals surface area contributed by atoms with Crippen molar-refractivity contribution in [3.05, 3.63) is 40.2 Å². The summed E-state index contributed by atoms with van der Waals surface area (Å²) in [5.41, 5.74) is 4.32. The summed E-state index contributed by atoms with van der Waals surface area (Å²) in [6, 6.07) is 6.08. The lowest BCUT2D eigenvalue weighted by Crippen LogP contribution is -2.46. The minimum Gasteiger partial charge on any atom is -0.494 e. The Morgan fingerprint density at radius 1 is 1.25 bits per heavy atom. The maximum absolute atomic E-state index is 6.61. The minimum absolute atomic E-state index is 0.436. The summed E-state index contributed by atoms with van der Waals surface area (Å²) in [6.07, 6.45) is 2.07. The van der Waals surface area contributed by atoms with E-state index >= 15 is 0 Å². The molecule has 0 saturated carbocycles. The van der Waals surface area contributed by atoms with Crippen LogP contribution in [0, 0.1) is 20.8 Å². The summed E-state index contributed by atoms with van der Waals surface area (Å²) in [4.78, 5) is 12.2. The largest absolute Gasteiger partial charge is 0.494 e. The second-order valence-corrected chi connectivity index (χ2v) is 8.73. The van der Waals surface area contributed by atoms with Crippen LogP contribution < -0.4 is 15.0 Å². The molecule has 1 aliphatic heterocycles. The number of halogens is 1. The molecule has 0 radical (unpaired) electrons. The normalized spacial score (nSPS) is 15.7. The quantitative estimate of drug-likeness (QED) is 0.481. The Labute approximate surface area is 194 Å². The van der Waals surface area contributed by atoms with Gasteiger partial charge in [0, 0.05) is 23.7 Å². The van der Waals surface area contributed by atoms with Gasteiger partial charge in [-0.3, -0.25) is 0 Å². The predicted molar refractivity (Wildman–Crippen MR) is 128 cm³/mol. The van der Waals surface area contributed by atoms with Gasteiger partial charge in [-0.2, -0.15) is 0 Å². The van der Waals surface area contributed by atoms with E-state index in [2.05, 4.69) is 29.2 Å². The van der Waals surface area contributed by atoms with E-state index in [9.17, 15) is 0 Å². The molecule has 170 valence electrons. The fourth-order valence-corrected chi connectivity index (χ4v) is 4.21. The van der Waals surface area contributed by atoms with Crippen molar-refractivity contribution < 1.29 is 9.26 Å². The van der Waals surface area contributed by atoms with Crippen LogP contribution in [0.5, 0.6) is 5.75 Å². The van der Waals surface area contributed by atoms with Crippen molar-refractivity contribution in [2.24, 2.45) is 0 Å². The van der Waals surface area contributed by atoms with Crippen LogP contribution >= 0.6 is 11.6 Å². The van der Waals surface area contributed by atoms with Gasteiger partial charge in [0.15, 0.2) is 5.82 Å². The molecular weight excluding hydrogens is 426 g/mol. The summed E-state index contributed by atoms with van der Waals surface area (Å²) >= 11 is 6.61. The number of anilines is 1. The summed E-state index contributed by atoms with van der Waals surface area (Å²) < 4.78 is 11.4. The molecule has 1 atom stereocenters. The molecule has 0 amide bonds. The first kappa shape index (κ1) is 22.6. The Bertz CT molecular complexity index is 1090. The van der Waals surface area contributed by atoms with Gasteiger partial charge in [0.1, 0.15) is 17.3 Å². The molecular formula is C24H30ClN5O2. The Balaban J connectivity index is 1.81. The number of hydrogen-bond acceptors (Lipinski definition) is 7. The van der Waals surface area contributed by atoms with Crippen LogP contribution in [-0.2, 0) is 0 Å². The molecule has 3 aromatic rings. The number of hydrogen-bond donors (Lipinski definition) is 1. The van der Waals surface area contributed by atoms with Gasteiger partial charge in [-0.05, 0) is 72.3 Å². The zero-order valence-corrected chi connectivity index (χ0v) is 20.1. The first-order valence-corrected chi connectivity index (χ1v) is 11.4. The van der Waals surface area contributed by atoms with Gasteiger partial charge in [0.2, 0.25) is 0 Å². The molecule has 8 heteroatoms. The number of nitrogens with one attached hydrogen (secondary N) is 1. The van der Waals surface area contributed by atoms with Crippen molar-refractivity contribution in [2.45, 2.75) is 46.6 Å². The van der Waals surface area contributed by atoms with Crippen LogP contribution in [0.2, 0.25) is 5.02 Å². The Morgan fingerprint density at radius 3 is 2.69 bits per heavy atom. The lowest BCUT2D eigenvalue weighted by Gasteiger charge is -2.40. The zero-order valence-electron chi connectivity index (χ0n) is 19.3. The van der Waals surface area contributed by atoms with E-state index in [4.69, 9.17) is 30.8 Å². The lowest BCUT2D eigenvalue weighted by atomic mass is 10.0. The Morgan fingerprint density at radius 2 is 2.06 bits per heavy atom. The summed E-state index contributed by atoms with van der Waals surface area (Å²) in [7, 11) is 1.93. The molecule has 1 N–H and O–H groups in total. The first-order valence-electron chi connectivity index (χ1n) is 11.1. The number of nitrogens with zero attached hydrogens (tertiary/aromatic N) is 4. The van der Waals surface area contributed by atoms with Gasteiger partial charge in [0.25, 0.3) is 0 Å². The van der Waals surface area contributed by atoms with Gasteiger partial charge in [-0.1, -0.05) is 16.8 Å². The summed E-state index contributed by atoms with van der Waals surface area (Å²) in [6.45, 7) is 10.6. The van der Waals surface area contributed by atoms with Crippen molar-refractivity contribution >= 4 is 17.4 Å². The third-order valence-corrected chi connectivity index (χ3v) is 6.33. The number of ether oxygens (including phenoxy) is 1. The topological polar surface area (TPSA) is 76.3 Å². The van der Waals surface area contributed by atoms with Crippen LogP contribution in [0.15, 0.2) is 22.7 Å². The van der Waals surface area contributed by atoms with Crippen molar-refractivity contribution in [2.75, 3.05) is 31.6 Å². The van der Waals surface area contributed by atoms with Gasteiger partial charge in [-0.25, -0.2) is 9.97 Å². The maximum atomic E-state index is 6.61. The van der Waals surface area contributed by atoms with E-state index in [1.807, 2.05) is 39.1 Å². The minimum atomic E-state index is 0.436. The highest BCUT2D eigenvalue weighted by Crippen LogP contribution is 2.38. The molecule has 32 heavy (non-hydrogen) atoms. The van der Waals surface area contributed by atoms with Gasteiger partial charge >= 0.3 is 0 Å². The molecule has 0 spiro atoms. The summed E-state index contributed by atoms with van der Waals surface area (Å²) in [5, 5.41) is 7.85. The van der Waals surface area contributed by atoms with Crippen LogP contribution in [0.25, 0.3) is 22.6 Å². The Kier molecular flexibility index (Phi) is 6.67. The third-order valence-electron chi connectivity index (χ3n) is 6.00. The Hall–Kier alpha value is -2.64. The van der Waals surface area contributed by atoms with E-state index in [0.717, 1.165) is 71.3 Å². The van der Waals surface area contributed by atoms with Crippen molar-refractivity contribution in [3.63, 3.8) is 0 Å². The van der Waals surface area contributed by atoms with Crippen LogP contribution in [0.4, 0.5) is 5.82 Å². The van der Waals surface area contributed by atoms with E-state index in [1.165, 1.54) is 0 Å². The van der Waals surface area contributed by atoms with Gasteiger partial charge in [0.05, 0.1) is 28.6 Å². The predicted octanol–water partition coefficient (Wildman–Crippen LogP) is 4.96. The zero-order chi connectivity index (χ0) is 22.8. The number of rotatable bonds is 8. The molecule has 4 rings (SSSR count). The van der Waals surface area contributed by atoms with Crippen molar-refractivity contribution in [1.82, 2.24) is 20.4 Å². The molecule has 2 aromatic heterocycles. The van der Waals surface area contributed by atoms with E-state index in [-0.39, 0.29) is 0 Å². The smallest absolute Gasteiger partial charge is 0.163 e. The standard InChI is InChI=1S/C24H30ClN5O2/c1-14-9-11-30(14)24-15(2)22(21-16(3)29-32-17(21)4)27-23(28-24)19-13-18(7-8-20(19)25)31-12-6-10-26-5/h7-8,13-14,26H,6,9-12H2,1-5H3. The fourth-order valence-electron chi connectivity index (χ4n) is 4.00. The van der Waals surface area contributed by atoms with E-state index in [1.54, 1.807) is 0 Å². The summed E-state index contributed by atoms with van der Waals surface area (Å²) in [5.74, 6) is 3.00. The molecule has 1 aliphatic rings. The number of benzene rings is 1. The molecule has 1 aromatic carbocycles. The highest BCUT2D eigenvalue weighted by atomic mass is 35.5. The van der Waals surface area contributed by atoms with Crippen molar-refractivity contribution in [1.29, 1.82) is 0 Å². The fraction of sp³-hybridized carbons (Fsp3) is 0.458. The molecule has 1 fully saturated rings. The molecule has 1 saturated heterocycles. The molecule has 0 aliphatic carbocycles. The molecule has 7 nitrogen and oxygen atoms in total. The average Bonchev–Trinajstić information content (AvgIpc) is 3.10. The third kappa shape index (κ3) is 4.32. The highest BCUT2D eigenvalue weighted by molar-refractivity contribution is 6.33. The number of aryl methyl sites for hydroxylation is 2. The first-order chi connectivity index (χ1) is 15.4. The molecule has 0 bridgehead atoms. The SMILES string of the molecule is CNCCCOc1ccc(Cl)c(-c2nc(-c3c(C)noc3C)c(C)c(N3CCC3C)n2)c1. The van der Waals surface area contributed by atoms with Crippen LogP contribution in [0.3, 0.4) is 0 Å². The van der Waals surface area contributed by atoms with Crippen LogP contribution in [0.1, 0.15) is 36.8 Å². The highest BCUT2D eigenvalue weighted by Gasteiger charge is 2.30. The number of aromatic nitrogens is 3. The van der Waals surface area contributed by atoms with Gasteiger partial charge < -0.3 is 19.5 Å². The second kappa shape index (κ2) is 9.46. The monoisotopic (exact) mass is 455 g/mol. The van der Waals surface area contributed by atoms with E-state index < -0.39 is 0 Å². The van der Waals surface area contributed by atoms with Gasteiger partial charge in [-0.15, -0.1) is 0 Å². The van der Waals surface area contributed by atoms with Crippen LogP contribution in [-0.4, -0.2) is 47.9 Å². The lowest BCUT2D eigenvalue weighted by molar-refractivity contribution is 0.310.